The molecule has 5 heteroatoms. The van der Waals surface area contributed by atoms with Gasteiger partial charge in [-0.3, -0.25) is 9.69 Å². The number of nitrogens with zero attached hydrogens (tertiary/aromatic N) is 2. The second-order valence-corrected chi connectivity index (χ2v) is 7.74. The molecule has 2 aliphatic heterocycles. The van der Waals surface area contributed by atoms with Gasteiger partial charge in [0, 0.05) is 50.5 Å². The molecule has 0 spiro atoms. The molecular formula is C23H29N3O2. The monoisotopic (exact) mass is 379 g/mol. The van der Waals surface area contributed by atoms with Crippen molar-refractivity contribution in [2.75, 3.05) is 49.5 Å². The summed E-state index contributed by atoms with van der Waals surface area (Å²) >= 11 is 0. The summed E-state index contributed by atoms with van der Waals surface area (Å²) in [5.41, 5.74) is 4.76. The number of anilines is 2. The standard InChI is InChI=1S/C23H29N3O2/c1-18-4-2-5-20(16-18)26-13-11-25(12-14-26)10-3-15-28-21-7-8-22-19(17-21)6-9-23(27)24-22/h2,4-5,7-8,16-17H,3,6,9-15H2,1H3,(H,24,27). The Kier molecular flexibility index (Phi) is 5.81. The summed E-state index contributed by atoms with van der Waals surface area (Å²) in [5, 5.41) is 2.91. The third-order valence-electron chi connectivity index (χ3n) is 5.60. The molecule has 1 saturated heterocycles. The Hall–Kier alpha value is -2.53. The summed E-state index contributed by atoms with van der Waals surface area (Å²) in [5.74, 6) is 1.00. The minimum absolute atomic E-state index is 0.101. The van der Waals surface area contributed by atoms with Crippen molar-refractivity contribution in [2.24, 2.45) is 0 Å². The van der Waals surface area contributed by atoms with Crippen LogP contribution < -0.4 is 15.0 Å². The average Bonchev–Trinajstić information content (AvgIpc) is 2.72. The van der Waals surface area contributed by atoms with Crippen LogP contribution >= 0.6 is 0 Å². The maximum absolute atomic E-state index is 11.4. The first-order chi connectivity index (χ1) is 13.7. The highest BCUT2D eigenvalue weighted by Gasteiger charge is 2.17. The maximum atomic E-state index is 11.4. The fourth-order valence-electron chi connectivity index (χ4n) is 3.98. The number of carbonyl (C=O) groups excluding carboxylic acids is 1. The molecule has 0 aromatic heterocycles. The van der Waals surface area contributed by atoms with Crippen molar-refractivity contribution in [3.05, 3.63) is 53.6 Å². The molecule has 2 aromatic rings. The number of hydrogen-bond acceptors (Lipinski definition) is 4. The lowest BCUT2D eigenvalue weighted by Crippen LogP contribution is -2.46. The minimum atomic E-state index is 0.101. The molecular weight excluding hydrogens is 350 g/mol. The van der Waals surface area contributed by atoms with E-state index in [1.54, 1.807) is 0 Å². The zero-order chi connectivity index (χ0) is 19.3. The fourth-order valence-corrected chi connectivity index (χ4v) is 3.98. The van der Waals surface area contributed by atoms with Crippen molar-refractivity contribution < 1.29 is 9.53 Å². The van der Waals surface area contributed by atoms with E-state index in [1.165, 1.54) is 16.8 Å². The van der Waals surface area contributed by atoms with E-state index >= 15 is 0 Å². The lowest BCUT2D eigenvalue weighted by molar-refractivity contribution is -0.116. The van der Waals surface area contributed by atoms with Crippen LogP contribution in [0.15, 0.2) is 42.5 Å². The van der Waals surface area contributed by atoms with Crippen LogP contribution in [0, 0.1) is 6.92 Å². The van der Waals surface area contributed by atoms with Gasteiger partial charge in [0.25, 0.3) is 0 Å². The van der Waals surface area contributed by atoms with Crippen molar-refractivity contribution in [3.63, 3.8) is 0 Å². The van der Waals surface area contributed by atoms with Crippen molar-refractivity contribution in [1.82, 2.24) is 4.90 Å². The maximum Gasteiger partial charge on any atom is 0.224 e. The van der Waals surface area contributed by atoms with Crippen molar-refractivity contribution in [1.29, 1.82) is 0 Å². The molecule has 4 rings (SSSR count). The number of fused-ring (bicyclic) bond motifs is 1. The van der Waals surface area contributed by atoms with Gasteiger partial charge in [-0.05, 0) is 61.2 Å². The Morgan fingerprint density at radius 2 is 1.89 bits per heavy atom. The number of rotatable bonds is 6. The first-order valence-corrected chi connectivity index (χ1v) is 10.3. The quantitative estimate of drug-likeness (QED) is 0.781. The number of amides is 1. The molecule has 1 N–H and O–H groups in total. The predicted octanol–water partition coefficient (Wildman–Crippen LogP) is 3.47. The van der Waals surface area contributed by atoms with E-state index in [2.05, 4.69) is 52.4 Å². The largest absolute Gasteiger partial charge is 0.494 e. The first kappa shape index (κ1) is 18.8. The molecule has 2 aliphatic rings. The third kappa shape index (κ3) is 4.65. The molecule has 1 fully saturated rings. The van der Waals surface area contributed by atoms with Gasteiger partial charge in [-0.25, -0.2) is 0 Å². The van der Waals surface area contributed by atoms with Crippen molar-refractivity contribution in [3.8, 4) is 5.75 Å². The van der Waals surface area contributed by atoms with Crippen LogP contribution in [0.25, 0.3) is 0 Å². The zero-order valence-corrected chi connectivity index (χ0v) is 16.6. The minimum Gasteiger partial charge on any atom is -0.494 e. The molecule has 28 heavy (non-hydrogen) atoms. The zero-order valence-electron chi connectivity index (χ0n) is 16.6. The average molecular weight is 380 g/mol. The van der Waals surface area contributed by atoms with Crippen LogP contribution in [-0.2, 0) is 11.2 Å². The Bertz CT molecular complexity index is 828. The molecule has 2 aromatic carbocycles. The number of ether oxygens (including phenoxy) is 1. The molecule has 148 valence electrons. The second kappa shape index (κ2) is 8.65. The van der Waals surface area contributed by atoms with Gasteiger partial charge in [-0.1, -0.05) is 12.1 Å². The summed E-state index contributed by atoms with van der Waals surface area (Å²) in [6, 6.07) is 14.7. The van der Waals surface area contributed by atoms with E-state index in [9.17, 15) is 4.79 Å². The second-order valence-electron chi connectivity index (χ2n) is 7.74. The van der Waals surface area contributed by atoms with E-state index in [4.69, 9.17) is 4.74 Å². The Morgan fingerprint density at radius 3 is 2.71 bits per heavy atom. The topological polar surface area (TPSA) is 44.8 Å². The summed E-state index contributed by atoms with van der Waals surface area (Å²) in [6.07, 6.45) is 2.38. The van der Waals surface area contributed by atoms with Crippen LogP contribution in [0.5, 0.6) is 5.75 Å². The molecule has 0 aliphatic carbocycles. The normalized spacial score (nSPS) is 17.2. The summed E-state index contributed by atoms with van der Waals surface area (Å²) in [6.45, 7) is 8.32. The number of aryl methyl sites for hydroxylation is 2. The van der Waals surface area contributed by atoms with E-state index in [1.807, 2.05) is 12.1 Å². The van der Waals surface area contributed by atoms with Crippen LogP contribution in [-0.4, -0.2) is 50.1 Å². The number of piperazine rings is 1. The van der Waals surface area contributed by atoms with Crippen LogP contribution in [0.3, 0.4) is 0 Å². The van der Waals surface area contributed by atoms with Crippen molar-refractivity contribution in [2.45, 2.75) is 26.2 Å². The Morgan fingerprint density at radius 1 is 1.04 bits per heavy atom. The predicted molar refractivity (Wildman–Crippen MR) is 113 cm³/mol. The van der Waals surface area contributed by atoms with Gasteiger partial charge in [0.1, 0.15) is 5.75 Å². The molecule has 0 saturated carbocycles. The van der Waals surface area contributed by atoms with E-state index < -0.39 is 0 Å². The molecule has 0 radical (unpaired) electrons. The highest BCUT2D eigenvalue weighted by atomic mass is 16.5. The summed E-state index contributed by atoms with van der Waals surface area (Å²) in [4.78, 5) is 16.4. The fraction of sp³-hybridized carbons (Fsp3) is 0.435. The molecule has 0 atom stereocenters. The van der Waals surface area contributed by atoms with Gasteiger partial charge >= 0.3 is 0 Å². The number of carbonyl (C=O) groups is 1. The Labute approximate surface area is 167 Å². The SMILES string of the molecule is Cc1cccc(N2CCN(CCCOc3ccc4c(c3)CCC(=O)N4)CC2)c1. The van der Waals surface area contributed by atoms with Gasteiger partial charge in [0.2, 0.25) is 5.91 Å². The van der Waals surface area contributed by atoms with Crippen LogP contribution in [0.1, 0.15) is 24.0 Å². The summed E-state index contributed by atoms with van der Waals surface area (Å²) < 4.78 is 5.94. The lowest BCUT2D eigenvalue weighted by Gasteiger charge is -2.36. The number of hydrogen-bond donors (Lipinski definition) is 1. The van der Waals surface area contributed by atoms with Gasteiger partial charge in [-0.15, -0.1) is 0 Å². The van der Waals surface area contributed by atoms with Crippen molar-refractivity contribution >= 4 is 17.3 Å². The number of nitrogens with one attached hydrogen (secondary N) is 1. The lowest BCUT2D eigenvalue weighted by atomic mass is 10.0. The van der Waals surface area contributed by atoms with Crippen LogP contribution in [0.2, 0.25) is 0 Å². The van der Waals surface area contributed by atoms with E-state index in [-0.39, 0.29) is 5.91 Å². The Balaban J connectivity index is 1.18. The molecule has 0 bridgehead atoms. The molecule has 0 unspecified atom stereocenters. The van der Waals surface area contributed by atoms with Crippen LogP contribution in [0.4, 0.5) is 11.4 Å². The number of benzene rings is 2. The smallest absolute Gasteiger partial charge is 0.224 e. The highest BCUT2D eigenvalue weighted by molar-refractivity contribution is 5.93. The van der Waals surface area contributed by atoms with E-state index in [0.717, 1.165) is 63.6 Å². The first-order valence-electron chi connectivity index (χ1n) is 10.3. The van der Waals surface area contributed by atoms with Gasteiger partial charge in [0.15, 0.2) is 0 Å². The van der Waals surface area contributed by atoms with Gasteiger partial charge in [0.05, 0.1) is 6.61 Å². The highest BCUT2D eigenvalue weighted by Crippen LogP contribution is 2.27. The molecule has 2 heterocycles. The summed E-state index contributed by atoms with van der Waals surface area (Å²) in [7, 11) is 0. The molecule has 1 amide bonds. The molecule has 5 nitrogen and oxygen atoms in total. The van der Waals surface area contributed by atoms with Gasteiger partial charge in [-0.2, -0.15) is 0 Å². The van der Waals surface area contributed by atoms with Gasteiger partial charge < -0.3 is 15.0 Å². The van der Waals surface area contributed by atoms with E-state index in [0.29, 0.717) is 6.42 Å². The third-order valence-corrected chi connectivity index (χ3v) is 5.60.